The summed E-state index contributed by atoms with van der Waals surface area (Å²) in [5.74, 6) is -1.17. The van der Waals surface area contributed by atoms with E-state index in [1.165, 1.54) is 38.5 Å². The average Bonchev–Trinajstić information content (AvgIpc) is 3.21. The number of esters is 2. The Hall–Kier alpha value is -1.19. The quantitative estimate of drug-likeness (QED) is 0.0189. The van der Waals surface area contributed by atoms with Gasteiger partial charge in [0.1, 0.15) is 43.2 Å². The van der Waals surface area contributed by atoms with Gasteiger partial charge in [0.25, 0.3) is 7.82 Å². The summed E-state index contributed by atoms with van der Waals surface area (Å²) >= 11 is 0. The van der Waals surface area contributed by atoms with Gasteiger partial charge in [-0.05, 0) is 77.0 Å². The molecule has 0 amide bonds. The van der Waals surface area contributed by atoms with E-state index in [4.69, 9.17) is 18.5 Å². The van der Waals surface area contributed by atoms with Gasteiger partial charge in [-0.15, -0.1) is 0 Å². The van der Waals surface area contributed by atoms with Crippen LogP contribution in [0.4, 0.5) is 0 Å². The number of carbonyl (C=O) groups excluding carboxylic acids is 2. The molecule has 60 heavy (non-hydrogen) atoms. The number of unbranched alkanes of at least 4 members (excludes halogenated alkanes) is 16. The summed E-state index contributed by atoms with van der Waals surface area (Å²) in [6.07, 6.45) is 26.9. The van der Waals surface area contributed by atoms with E-state index in [1.54, 1.807) is 0 Å². The summed E-state index contributed by atoms with van der Waals surface area (Å²) in [7, 11) is -5.37. The van der Waals surface area contributed by atoms with E-state index in [9.17, 15) is 44.6 Å². The molecule has 1 fully saturated rings. The first kappa shape index (κ1) is 58.8. The Balaban J connectivity index is 0.0000348. The molecule has 15 heteroatoms. The van der Waals surface area contributed by atoms with Gasteiger partial charge in [-0.25, -0.2) is 0 Å². The molecule has 0 aliphatic heterocycles. The predicted molar refractivity (Wildman–Crippen MR) is 228 cm³/mol. The molecule has 0 saturated heterocycles. The van der Waals surface area contributed by atoms with E-state index >= 15 is 0 Å². The second-order valence-electron chi connectivity index (χ2n) is 15.5. The van der Waals surface area contributed by atoms with Crippen LogP contribution in [0.3, 0.4) is 0 Å². The van der Waals surface area contributed by atoms with Crippen molar-refractivity contribution >= 4 is 19.8 Å². The molecule has 0 heterocycles. The first-order valence-corrected chi connectivity index (χ1v) is 23.9. The number of rotatable bonds is 36. The van der Waals surface area contributed by atoms with Crippen molar-refractivity contribution in [2.45, 2.75) is 211 Å². The topological polar surface area (TPSA) is 212 Å². The van der Waals surface area contributed by atoms with Gasteiger partial charge in [-0.3, -0.25) is 14.2 Å². The molecular formula is C45H78NaO13P. The fraction of sp³-hybridized carbons (Fsp3) is 0.778. The molecule has 5 N–H and O–H groups in total. The number of aliphatic hydroxyl groups is 5. The Morgan fingerprint density at radius 1 is 0.550 bits per heavy atom. The summed E-state index contributed by atoms with van der Waals surface area (Å²) in [5, 5.41) is 50.0. The fourth-order valence-electron chi connectivity index (χ4n) is 6.46. The van der Waals surface area contributed by atoms with Crippen LogP contribution < -0.4 is 34.5 Å². The third-order valence-corrected chi connectivity index (χ3v) is 11.1. The maximum Gasteiger partial charge on any atom is 1.00 e. The van der Waals surface area contributed by atoms with E-state index in [0.717, 1.165) is 89.9 Å². The molecule has 0 bridgehead atoms. The SMILES string of the molecule is CCCCCC=CCC=CCCCCCCCC(=O)OC[C@H](COP(=O)([O-])OC1[C@H](O)[C@H](O)C(O)[C@H](O)[C@H]1O)OC(=O)CCCCCCCC=CCC=CCCCCC.[Na+]. The number of hydrogen-bond acceptors (Lipinski definition) is 13. The van der Waals surface area contributed by atoms with Crippen molar-refractivity contribution in [3.63, 3.8) is 0 Å². The van der Waals surface area contributed by atoms with Gasteiger partial charge in [-0.2, -0.15) is 0 Å². The number of ether oxygens (including phenoxy) is 2. The van der Waals surface area contributed by atoms with Crippen LogP contribution in [-0.2, 0) is 32.7 Å². The molecule has 1 saturated carbocycles. The summed E-state index contributed by atoms with van der Waals surface area (Å²) in [4.78, 5) is 37.9. The molecule has 1 aliphatic carbocycles. The zero-order valence-electron chi connectivity index (χ0n) is 37.0. The van der Waals surface area contributed by atoms with Crippen LogP contribution in [0.15, 0.2) is 48.6 Å². The van der Waals surface area contributed by atoms with Crippen LogP contribution >= 0.6 is 7.82 Å². The number of phosphoric acid groups is 1. The van der Waals surface area contributed by atoms with Gasteiger partial charge in [0.05, 0.1) is 6.61 Å². The van der Waals surface area contributed by atoms with Crippen LogP contribution in [0.2, 0.25) is 0 Å². The number of aliphatic hydroxyl groups excluding tert-OH is 5. The molecular weight excluding hydrogens is 802 g/mol. The van der Waals surface area contributed by atoms with Crippen LogP contribution in [0.25, 0.3) is 0 Å². The first-order chi connectivity index (χ1) is 28.4. The molecule has 0 aromatic heterocycles. The van der Waals surface area contributed by atoms with E-state index in [-0.39, 0.29) is 42.4 Å². The Morgan fingerprint density at radius 2 is 0.933 bits per heavy atom. The van der Waals surface area contributed by atoms with Crippen LogP contribution in [0.1, 0.15) is 168 Å². The van der Waals surface area contributed by atoms with Crippen LogP contribution in [0, 0.1) is 0 Å². The largest absolute Gasteiger partial charge is 1.00 e. The van der Waals surface area contributed by atoms with Gasteiger partial charge in [-0.1, -0.05) is 127 Å². The van der Waals surface area contributed by atoms with Gasteiger partial charge in [0.2, 0.25) is 0 Å². The minimum atomic E-state index is -5.37. The van der Waals surface area contributed by atoms with Crippen molar-refractivity contribution in [2.24, 2.45) is 0 Å². The monoisotopic (exact) mass is 881 g/mol. The zero-order valence-corrected chi connectivity index (χ0v) is 39.9. The van der Waals surface area contributed by atoms with Crippen molar-refractivity contribution in [1.29, 1.82) is 0 Å². The van der Waals surface area contributed by atoms with Gasteiger partial charge in [0, 0.05) is 12.8 Å². The first-order valence-electron chi connectivity index (χ1n) is 22.4. The third-order valence-electron chi connectivity index (χ3n) is 10.1. The summed E-state index contributed by atoms with van der Waals surface area (Å²) in [6.45, 7) is 3.12. The van der Waals surface area contributed by atoms with Gasteiger partial charge < -0.3 is 48.9 Å². The van der Waals surface area contributed by atoms with Crippen molar-refractivity contribution in [1.82, 2.24) is 0 Å². The molecule has 13 nitrogen and oxygen atoms in total. The summed E-state index contributed by atoms with van der Waals surface area (Å²) in [5.41, 5.74) is 0. The zero-order chi connectivity index (χ0) is 43.6. The summed E-state index contributed by atoms with van der Waals surface area (Å²) in [6, 6.07) is 0. The second-order valence-corrected chi connectivity index (χ2v) is 16.9. The van der Waals surface area contributed by atoms with E-state index in [2.05, 4.69) is 62.5 Å². The molecule has 0 aromatic rings. The maximum absolute atomic E-state index is 12.7. The van der Waals surface area contributed by atoms with E-state index < -0.39 is 75.7 Å². The van der Waals surface area contributed by atoms with Crippen LogP contribution in [0.5, 0.6) is 0 Å². The fourth-order valence-corrected chi connectivity index (χ4v) is 7.41. The van der Waals surface area contributed by atoms with Crippen LogP contribution in [-0.4, -0.2) is 93.4 Å². The Labute approximate surface area is 383 Å². The number of allylic oxidation sites excluding steroid dienone is 8. The molecule has 0 spiro atoms. The third kappa shape index (κ3) is 30.0. The van der Waals surface area contributed by atoms with Crippen molar-refractivity contribution in [3.05, 3.63) is 48.6 Å². The summed E-state index contributed by atoms with van der Waals surface area (Å²) < 4.78 is 33.1. The number of phosphoric ester groups is 1. The normalized spacial score (nSPS) is 22.4. The number of hydrogen-bond donors (Lipinski definition) is 5. The second kappa shape index (κ2) is 38.3. The molecule has 1 rings (SSSR count). The molecule has 3 unspecified atom stereocenters. The van der Waals surface area contributed by atoms with E-state index in [1.807, 2.05) is 0 Å². The average molecular weight is 881 g/mol. The Morgan fingerprint density at radius 3 is 1.38 bits per heavy atom. The van der Waals surface area contributed by atoms with Crippen molar-refractivity contribution in [2.75, 3.05) is 13.2 Å². The molecule has 0 radical (unpaired) electrons. The standard InChI is InChI=1S/C45H79O13P.Na/c1-3-5-7-9-11-13-15-17-19-21-23-25-27-29-31-33-38(46)55-35-37(36-56-59(53,54)58-45-43(51)41(49)40(48)42(50)44(45)52)57-39(47)34-32-30-28-26-24-22-20-18-16-14-12-10-8-6-4-2;/h11-14,17-20,37,40-45,48-52H,3-10,15-16,21-36H2,1-2H3,(H,53,54);/q;+1/p-1/t37-,40?,41-,42+,43-,44-,45?;/m1./s1. The number of carbonyl (C=O) groups is 2. The predicted octanol–water partition coefficient (Wildman–Crippen LogP) is 4.76. The molecule has 8 atom stereocenters. The Bertz CT molecular complexity index is 1230. The molecule has 1 aliphatic rings. The Kier molecular flexibility index (Phi) is 37.5. The maximum atomic E-state index is 12.7. The van der Waals surface area contributed by atoms with Gasteiger partial charge in [0.15, 0.2) is 6.10 Å². The smallest absolute Gasteiger partial charge is 0.756 e. The molecule has 0 aromatic carbocycles. The minimum Gasteiger partial charge on any atom is -0.756 e. The van der Waals surface area contributed by atoms with E-state index in [0.29, 0.717) is 12.8 Å². The van der Waals surface area contributed by atoms with Crippen molar-refractivity contribution < 1.29 is 92.7 Å². The minimum absolute atomic E-state index is 0. The van der Waals surface area contributed by atoms with Crippen molar-refractivity contribution in [3.8, 4) is 0 Å². The van der Waals surface area contributed by atoms with Gasteiger partial charge >= 0.3 is 41.5 Å². The molecule has 342 valence electrons.